The molecule has 3 heteroatoms. The largest absolute Gasteiger partial charge is 0.399 e. The molecule has 0 aromatic heterocycles. The molecule has 0 saturated heterocycles. The van der Waals surface area contributed by atoms with Crippen LogP contribution in [-0.4, -0.2) is 12.8 Å². The van der Waals surface area contributed by atoms with Crippen molar-refractivity contribution in [2.75, 3.05) is 7.11 Å². The van der Waals surface area contributed by atoms with E-state index in [2.05, 4.69) is 9.99 Å². The first kappa shape index (κ1) is 6.96. The minimum Gasteiger partial charge on any atom is -0.399 e. The summed E-state index contributed by atoms with van der Waals surface area (Å²) in [4.78, 5) is 4.39. The predicted molar refractivity (Wildman–Crippen MR) is 30.3 cm³/mol. The van der Waals surface area contributed by atoms with Gasteiger partial charge in [-0.2, -0.15) is 5.26 Å². The van der Waals surface area contributed by atoms with Gasteiger partial charge in [0.1, 0.15) is 7.11 Å². The minimum absolute atomic E-state index is 0.341. The highest BCUT2D eigenvalue weighted by Gasteiger charge is 1.85. The van der Waals surface area contributed by atoms with E-state index in [-0.39, 0.29) is 0 Å². The lowest BCUT2D eigenvalue weighted by Gasteiger charge is -1.87. The molecule has 0 radical (unpaired) electrons. The Bertz CT molecular complexity index is 123. The summed E-state index contributed by atoms with van der Waals surface area (Å²) in [7, 11) is 1.46. The summed E-state index contributed by atoms with van der Waals surface area (Å²) in [6, 6.07) is 1.94. The van der Waals surface area contributed by atoms with Crippen molar-refractivity contribution >= 4 is 5.71 Å². The minimum atomic E-state index is 0.341. The van der Waals surface area contributed by atoms with Gasteiger partial charge in [-0.15, -0.1) is 0 Å². The van der Waals surface area contributed by atoms with Crippen LogP contribution in [0.25, 0.3) is 0 Å². The fourth-order valence-corrected chi connectivity index (χ4v) is 0.303. The van der Waals surface area contributed by atoms with Gasteiger partial charge in [-0.25, -0.2) is 0 Å². The number of oxime groups is 1. The van der Waals surface area contributed by atoms with Crippen LogP contribution >= 0.6 is 0 Å². The lowest BCUT2D eigenvalue weighted by molar-refractivity contribution is 0.212. The van der Waals surface area contributed by atoms with Crippen LogP contribution in [0.15, 0.2) is 5.16 Å². The first-order valence-corrected chi connectivity index (χ1v) is 2.25. The fourth-order valence-electron chi connectivity index (χ4n) is 0.303. The van der Waals surface area contributed by atoms with Gasteiger partial charge >= 0.3 is 0 Å². The van der Waals surface area contributed by atoms with Gasteiger partial charge in [0.15, 0.2) is 0 Å². The van der Waals surface area contributed by atoms with Gasteiger partial charge in [0.25, 0.3) is 0 Å². The number of hydrogen-bond donors (Lipinski definition) is 0. The standard InChI is InChI=1S/C5H8N2O/c1-5(3-4-6)7-8-2/h3H2,1-2H3. The summed E-state index contributed by atoms with van der Waals surface area (Å²) in [6.45, 7) is 1.74. The maximum absolute atomic E-state index is 8.08. The molecule has 0 spiro atoms. The zero-order chi connectivity index (χ0) is 6.41. The van der Waals surface area contributed by atoms with Gasteiger partial charge in [0.2, 0.25) is 0 Å². The maximum atomic E-state index is 8.08. The Hall–Kier alpha value is -1.04. The topological polar surface area (TPSA) is 45.4 Å². The molecule has 0 atom stereocenters. The molecule has 0 heterocycles. The summed E-state index contributed by atoms with van der Waals surface area (Å²) in [6.07, 6.45) is 0.341. The second-order valence-corrected chi connectivity index (χ2v) is 1.34. The normalized spacial score (nSPS) is 10.4. The third-order valence-electron chi connectivity index (χ3n) is 0.582. The van der Waals surface area contributed by atoms with Gasteiger partial charge in [-0.05, 0) is 6.92 Å². The maximum Gasteiger partial charge on any atom is 0.106 e. The van der Waals surface area contributed by atoms with Crippen LogP contribution in [0.3, 0.4) is 0 Å². The molecule has 0 rings (SSSR count). The molecule has 8 heavy (non-hydrogen) atoms. The molecule has 3 nitrogen and oxygen atoms in total. The summed E-state index contributed by atoms with van der Waals surface area (Å²) in [5.41, 5.74) is 0.704. The van der Waals surface area contributed by atoms with Crippen LogP contribution in [0.4, 0.5) is 0 Å². The van der Waals surface area contributed by atoms with Crippen molar-refractivity contribution in [1.29, 1.82) is 5.26 Å². The van der Waals surface area contributed by atoms with E-state index in [1.807, 2.05) is 6.07 Å². The average molecular weight is 112 g/mol. The second-order valence-electron chi connectivity index (χ2n) is 1.34. The molecule has 0 aliphatic carbocycles. The second kappa shape index (κ2) is 4.13. The fraction of sp³-hybridized carbons (Fsp3) is 0.600. The summed E-state index contributed by atoms with van der Waals surface area (Å²) < 4.78 is 0. The molecule has 0 aromatic carbocycles. The zero-order valence-electron chi connectivity index (χ0n) is 5.01. The molecule has 0 saturated carbocycles. The van der Waals surface area contributed by atoms with E-state index in [9.17, 15) is 0 Å². The average Bonchev–Trinajstić information content (AvgIpc) is 1.68. The van der Waals surface area contributed by atoms with E-state index in [1.165, 1.54) is 7.11 Å². The molecule has 0 bridgehead atoms. The third-order valence-corrected chi connectivity index (χ3v) is 0.582. The van der Waals surface area contributed by atoms with Crippen LogP contribution in [0.1, 0.15) is 13.3 Å². The van der Waals surface area contributed by atoms with Crippen molar-refractivity contribution in [2.45, 2.75) is 13.3 Å². The van der Waals surface area contributed by atoms with Crippen molar-refractivity contribution < 1.29 is 4.84 Å². The van der Waals surface area contributed by atoms with E-state index < -0.39 is 0 Å². The van der Waals surface area contributed by atoms with Crippen molar-refractivity contribution in [1.82, 2.24) is 0 Å². The van der Waals surface area contributed by atoms with Crippen molar-refractivity contribution in [3.8, 4) is 6.07 Å². The predicted octanol–water partition coefficient (Wildman–Crippen LogP) is 0.922. The van der Waals surface area contributed by atoms with E-state index in [0.29, 0.717) is 12.1 Å². The van der Waals surface area contributed by atoms with Crippen molar-refractivity contribution in [3.05, 3.63) is 0 Å². The Balaban J connectivity index is 3.49. The smallest absolute Gasteiger partial charge is 0.106 e. The highest BCUT2D eigenvalue weighted by Crippen LogP contribution is 1.82. The molecule has 0 aliphatic rings. The van der Waals surface area contributed by atoms with Crippen LogP contribution in [-0.2, 0) is 4.84 Å². The number of nitriles is 1. The zero-order valence-corrected chi connectivity index (χ0v) is 5.01. The van der Waals surface area contributed by atoms with Crippen molar-refractivity contribution in [2.24, 2.45) is 5.16 Å². The summed E-state index contributed by atoms with van der Waals surface area (Å²) in [5, 5.41) is 11.6. The Morgan fingerprint density at radius 1 is 1.88 bits per heavy atom. The molecule has 0 unspecified atom stereocenters. The van der Waals surface area contributed by atoms with Gasteiger partial charge in [0.05, 0.1) is 18.2 Å². The molecule has 0 aromatic rings. The highest BCUT2D eigenvalue weighted by atomic mass is 16.6. The van der Waals surface area contributed by atoms with Gasteiger partial charge in [0, 0.05) is 0 Å². The van der Waals surface area contributed by atoms with E-state index >= 15 is 0 Å². The number of hydrogen-bond acceptors (Lipinski definition) is 3. The molecule has 0 aliphatic heterocycles. The first-order chi connectivity index (χ1) is 3.81. The van der Waals surface area contributed by atoms with Gasteiger partial charge in [-0.3, -0.25) is 0 Å². The Morgan fingerprint density at radius 3 is 2.88 bits per heavy atom. The van der Waals surface area contributed by atoms with Gasteiger partial charge < -0.3 is 4.84 Å². The summed E-state index contributed by atoms with van der Waals surface area (Å²) >= 11 is 0. The van der Waals surface area contributed by atoms with Crippen LogP contribution in [0.5, 0.6) is 0 Å². The van der Waals surface area contributed by atoms with E-state index in [0.717, 1.165) is 0 Å². The lowest BCUT2D eigenvalue weighted by Crippen LogP contribution is -1.88. The first-order valence-electron chi connectivity index (χ1n) is 2.25. The lowest BCUT2D eigenvalue weighted by atomic mass is 10.3. The van der Waals surface area contributed by atoms with E-state index in [1.54, 1.807) is 6.92 Å². The Kier molecular flexibility index (Phi) is 3.59. The van der Waals surface area contributed by atoms with Crippen LogP contribution in [0.2, 0.25) is 0 Å². The number of rotatable bonds is 2. The van der Waals surface area contributed by atoms with Crippen LogP contribution < -0.4 is 0 Å². The molecule has 44 valence electrons. The Morgan fingerprint density at radius 2 is 2.50 bits per heavy atom. The molecular weight excluding hydrogens is 104 g/mol. The SMILES string of the molecule is CON=C(C)CC#N. The highest BCUT2D eigenvalue weighted by molar-refractivity contribution is 5.83. The molecule has 0 N–H and O–H groups in total. The Labute approximate surface area is 48.6 Å². The summed E-state index contributed by atoms with van der Waals surface area (Å²) in [5.74, 6) is 0. The van der Waals surface area contributed by atoms with Crippen molar-refractivity contribution in [3.63, 3.8) is 0 Å². The molecule has 0 amide bonds. The van der Waals surface area contributed by atoms with Crippen LogP contribution in [0, 0.1) is 11.3 Å². The monoisotopic (exact) mass is 112 g/mol. The van der Waals surface area contributed by atoms with E-state index in [4.69, 9.17) is 5.26 Å². The van der Waals surface area contributed by atoms with Gasteiger partial charge in [-0.1, -0.05) is 5.16 Å². The molecule has 0 fully saturated rings. The third kappa shape index (κ3) is 3.16. The quantitative estimate of drug-likeness (QED) is 0.394. The molecular formula is C5H8N2O. The number of nitrogens with zero attached hydrogens (tertiary/aromatic N) is 2.